The number of carbonyl (C=O) groups is 4. The largest absolute Gasteiger partial charge is 0.345 e. The predicted molar refractivity (Wildman–Crippen MR) is 164 cm³/mol. The number of aryl methyl sites for hydroxylation is 1. The lowest BCUT2D eigenvalue weighted by molar-refractivity contribution is -0.144. The van der Waals surface area contributed by atoms with Crippen LogP contribution >= 0.6 is 0 Å². The fourth-order valence-corrected chi connectivity index (χ4v) is 4.85. The van der Waals surface area contributed by atoms with Crippen molar-refractivity contribution >= 4 is 23.6 Å². The van der Waals surface area contributed by atoms with Gasteiger partial charge in [-0.15, -0.1) is 0 Å². The summed E-state index contributed by atoms with van der Waals surface area (Å²) in [6.07, 6.45) is 4.29. The predicted octanol–water partition coefficient (Wildman–Crippen LogP) is 2.93. The van der Waals surface area contributed by atoms with Crippen molar-refractivity contribution in [2.75, 3.05) is 13.6 Å². The number of hydrogen-bond acceptors (Lipinski definition) is 5. The van der Waals surface area contributed by atoms with E-state index >= 15 is 0 Å². The quantitative estimate of drug-likeness (QED) is 0.382. The second-order valence-corrected chi connectivity index (χ2v) is 12.1. The molecule has 226 valence electrons. The average molecular weight is 576 g/mol. The van der Waals surface area contributed by atoms with E-state index in [2.05, 4.69) is 16.0 Å². The van der Waals surface area contributed by atoms with E-state index in [0.29, 0.717) is 12.8 Å². The zero-order chi connectivity index (χ0) is 31.0. The first kappa shape index (κ1) is 32.5. The zero-order valence-corrected chi connectivity index (χ0v) is 25.8. The molecule has 0 unspecified atom stereocenters. The van der Waals surface area contributed by atoms with Crippen molar-refractivity contribution in [3.05, 3.63) is 83.7 Å². The van der Waals surface area contributed by atoms with Crippen LogP contribution in [0.5, 0.6) is 0 Å². The molecule has 0 aliphatic carbocycles. The van der Waals surface area contributed by atoms with Gasteiger partial charge in [-0.1, -0.05) is 80.9 Å². The number of rotatable bonds is 11. The van der Waals surface area contributed by atoms with E-state index < -0.39 is 35.4 Å². The summed E-state index contributed by atoms with van der Waals surface area (Å²) in [5, 5.41) is 8.35. The lowest BCUT2D eigenvalue weighted by atomic mass is 9.86. The van der Waals surface area contributed by atoms with Gasteiger partial charge in [-0.3, -0.25) is 19.2 Å². The Labute approximate surface area is 249 Å². The molecular formula is C33H45N5O4. The molecule has 0 radical (unpaired) electrons. The maximum absolute atomic E-state index is 13.9. The Morgan fingerprint density at radius 3 is 2.14 bits per heavy atom. The molecule has 1 aliphatic rings. The van der Waals surface area contributed by atoms with Crippen LogP contribution in [-0.2, 0) is 32.0 Å². The molecule has 4 atom stereocenters. The summed E-state index contributed by atoms with van der Waals surface area (Å²) >= 11 is 0. The second kappa shape index (κ2) is 14.3. The van der Waals surface area contributed by atoms with Crippen LogP contribution in [0, 0.1) is 12.3 Å². The number of amides is 4. The molecular weight excluding hydrogens is 530 g/mol. The summed E-state index contributed by atoms with van der Waals surface area (Å²) in [5.41, 5.74) is 2.56. The first-order chi connectivity index (χ1) is 19.8. The fourth-order valence-electron chi connectivity index (χ4n) is 4.85. The molecule has 0 bridgehead atoms. The number of nitrogens with one attached hydrogen (secondary N) is 3. The monoisotopic (exact) mass is 575 g/mol. The van der Waals surface area contributed by atoms with Crippen LogP contribution in [-0.4, -0.2) is 71.2 Å². The van der Waals surface area contributed by atoms with Crippen LogP contribution in [0.3, 0.4) is 0 Å². The zero-order valence-electron chi connectivity index (χ0n) is 25.8. The van der Waals surface area contributed by atoms with Crippen LogP contribution in [0.1, 0.15) is 51.3 Å². The van der Waals surface area contributed by atoms with Crippen LogP contribution in [0.4, 0.5) is 0 Å². The molecule has 0 saturated heterocycles. The molecule has 0 aromatic heterocycles. The van der Waals surface area contributed by atoms with Gasteiger partial charge < -0.3 is 25.8 Å². The minimum Gasteiger partial charge on any atom is -0.345 e. The Morgan fingerprint density at radius 2 is 1.55 bits per heavy atom. The van der Waals surface area contributed by atoms with Gasteiger partial charge in [0.05, 0.1) is 12.6 Å². The first-order valence-electron chi connectivity index (χ1n) is 14.5. The molecule has 0 fully saturated rings. The van der Waals surface area contributed by atoms with Gasteiger partial charge >= 0.3 is 0 Å². The van der Waals surface area contributed by atoms with Gasteiger partial charge in [0.25, 0.3) is 0 Å². The van der Waals surface area contributed by atoms with Crippen molar-refractivity contribution in [1.82, 2.24) is 25.8 Å². The highest BCUT2D eigenvalue weighted by Crippen LogP contribution is 2.22. The summed E-state index contributed by atoms with van der Waals surface area (Å²) in [6, 6.07) is 15.6. The van der Waals surface area contributed by atoms with Crippen molar-refractivity contribution < 1.29 is 19.2 Å². The first-order valence-corrected chi connectivity index (χ1v) is 14.5. The number of nitrogens with zero attached hydrogens (tertiary/aromatic N) is 2. The average Bonchev–Trinajstić information content (AvgIpc) is 2.95. The number of likely N-dealkylation sites (N-methyl/N-ethyl adjacent to an activating group) is 1. The van der Waals surface area contributed by atoms with Crippen LogP contribution in [0.2, 0.25) is 0 Å². The Kier molecular flexibility index (Phi) is 11.1. The van der Waals surface area contributed by atoms with Crippen molar-refractivity contribution in [3.63, 3.8) is 0 Å². The Balaban J connectivity index is 1.79. The third kappa shape index (κ3) is 8.52. The van der Waals surface area contributed by atoms with Crippen LogP contribution in [0.25, 0.3) is 0 Å². The number of carbonyl (C=O) groups excluding carboxylic acids is 4. The normalized spacial score (nSPS) is 17.4. The maximum atomic E-state index is 13.9. The summed E-state index contributed by atoms with van der Waals surface area (Å²) in [4.78, 5) is 56.2. The maximum Gasteiger partial charge on any atom is 0.250 e. The van der Waals surface area contributed by atoms with E-state index in [1.807, 2.05) is 89.2 Å². The van der Waals surface area contributed by atoms with Gasteiger partial charge in [0.15, 0.2) is 0 Å². The van der Waals surface area contributed by atoms with E-state index in [1.165, 1.54) is 4.90 Å². The highest BCUT2D eigenvalue weighted by Gasteiger charge is 2.38. The smallest absolute Gasteiger partial charge is 0.250 e. The molecule has 1 aliphatic heterocycles. The van der Waals surface area contributed by atoms with Crippen LogP contribution < -0.4 is 16.0 Å². The lowest BCUT2D eigenvalue weighted by Gasteiger charge is -2.39. The Hall–Kier alpha value is -3.98. The summed E-state index contributed by atoms with van der Waals surface area (Å²) < 4.78 is 0. The third-order valence-electron chi connectivity index (χ3n) is 7.60. The minimum absolute atomic E-state index is 0.121. The highest BCUT2D eigenvalue weighted by atomic mass is 16.2. The van der Waals surface area contributed by atoms with Gasteiger partial charge in [0, 0.05) is 24.9 Å². The van der Waals surface area contributed by atoms with E-state index in [0.717, 1.165) is 16.7 Å². The SMILES string of the molecule is CN[C@@H](C)C(=O)N[C@H](C(=O)NCC(=O)N1C=CN([C@@H](C)Cc2ccccc2)C(=O)[C@@H]1Cc1ccc(C)cc1)C(C)(C)C. The van der Waals surface area contributed by atoms with E-state index in [9.17, 15) is 19.2 Å². The molecule has 9 nitrogen and oxygen atoms in total. The minimum atomic E-state index is -0.857. The molecule has 2 aromatic carbocycles. The molecule has 9 heteroatoms. The van der Waals surface area contributed by atoms with Crippen molar-refractivity contribution in [1.29, 1.82) is 0 Å². The van der Waals surface area contributed by atoms with Crippen molar-refractivity contribution in [2.45, 2.75) is 78.6 Å². The molecule has 1 heterocycles. The molecule has 42 heavy (non-hydrogen) atoms. The highest BCUT2D eigenvalue weighted by molar-refractivity contribution is 5.95. The Bertz CT molecular complexity index is 1270. The van der Waals surface area contributed by atoms with E-state index in [1.54, 1.807) is 31.3 Å². The second-order valence-electron chi connectivity index (χ2n) is 12.1. The molecule has 0 saturated carbocycles. The molecule has 2 aromatic rings. The van der Waals surface area contributed by atoms with Crippen LogP contribution in [0.15, 0.2) is 67.0 Å². The number of hydrogen-bond donors (Lipinski definition) is 3. The van der Waals surface area contributed by atoms with Gasteiger partial charge in [-0.05, 0) is 50.8 Å². The van der Waals surface area contributed by atoms with Crippen molar-refractivity contribution in [3.8, 4) is 0 Å². The third-order valence-corrected chi connectivity index (χ3v) is 7.60. The Morgan fingerprint density at radius 1 is 0.905 bits per heavy atom. The summed E-state index contributed by atoms with van der Waals surface area (Å²) in [6.45, 7) is 10.9. The molecule has 3 rings (SSSR count). The van der Waals surface area contributed by atoms with E-state index in [-0.39, 0.29) is 24.4 Å². The van der Waals surface area contributed by atoms with Gasteiger partial charge in [-0.2, -0.15) is 0 Å². The molecule has 0 spiro atoms. The molecule has 3 N–H and O–H groups in total. The van der Waals surface area contributed by atoms with Gasteiger partial charge in [0.2, 0.25) is 23.6 Å². The molecule has 4 amide bonds. The topological polar surface area (TPSA) is 111 Å². The standard InChI is InChI=1S/C33H45N5O4/c1-22-13-15-26(16-14-22)20-27-32(42)37(23(2)19-25-11-9-8-10-12-25)17-18-38(27)28(39)21-35-31(41)29(33(4,5)6)36-30(40)24(3)34-7/h8-18,23-24,27,29,34H,19-21H2,1-7H3,(H,35,41)(H,36,40)/t23-,24-,27-,29+/m0/s1. The van der Waals surface area contributed by atoms with E-state index in [4.69, 9.17) is 0 Å². The van der Waals surface area contributed by atoms with Crippen molar-refractivity contribution in [2.24, 2.45) is 5.41 Å². The van der Waals surface area contributed by atoms with Gasteiger partial charge in [0.1, 0.15) is 12.1 Å². The summed E-state index contributed by atoms with van der Waals surface area (Å²) in [7, 11) is 1.67. The summed E-state index contributed by atoms with van der Waals surface area (Å²) in [5.74, 6) is -1.37. The number of benzene rings is 2. The lowest BCUT2D eigenvalue weighted by Crippen LogP contribution is -2.59. The fraction of sp³-hybridized carbons (Fsp3) is 0.455. The van der Waals surface area contributed by atoms with Gasteiger partial charge in [-0.25, -0.2) is 0 Å².